The lowest BCUT2D eigenvalue weighted by Gasteiger charge is -2.01. The molecule has 3 aromatic carbocycles. The Kier molecular flexibility index (Phi) is 5.06. The maximum atomic E-state index is 12.2. The molecule has 1 amide bonds. The van der Waals surface area contributed by atoms with Gasteiger partial charge in [0.2, 0.25) is 0 Å². The van der Waals surface area contributed by atoms with Crippen molar-refractivity contribution in [1.82, 2.24) is 15.6 Å². The van der Waals surface area contributed by atoms with Gasteiger partial charge in [-0.25, -0.2) is 5.43 Å². The largest absolute Gasteiger partial charge is 0.289 e. The number of hydrogen-bond donors (Lipinski definition) is 2. The van der Waals surface area contributed by atoms with Gasteiger partial charge in [-0.2, -0.15) is 10.2 Å². The Morgan fingerprint density at radius 2 is 1.43 bits per heavy atom. The van der Waals surface area contributed by atoms with Crippen molar-refractivity contribution in [2.45, 2.75) is 0 Å². The monoisotopic (exact) mass is 366 g/mol. The summed E-state index contributed by atoms with van der Waals surface area (Å²) in [5, 5.41) is 10.9. The van der Waals surface area contributed by atoms with Crippen LogP contribution in [0.3, 0.4) is 0 Å². The highest BCUT2D eigenvalue weighted by molar-refractivity contribution is 5.94. The highest BCUT2D eigenvalue weighted by Crippen LogP contribution is 2.19. The van der Waals surface area contributed by atoms with E-state index >= 15 is 0 Å². The summed E-state index contributed by atoms with van der Waals surface area (Å²) in [7, 11) is 0. The first-order valence-electron chi connectivity index (χ1n) is 8.89. The van der Waals surface area contributed by atoms with Gasteiger partial charge < -0.3 is 0 Å². The first kappa shape index (κ1) is 17.4. The fourth-order valence-corrected chi connectivity index (χ4v) is 2.81. The van der Waals surface area contributed by atoms with Gasteiger partial charge in [0.05, 0.1) is 11.9 Å². The van der Waals surface area contributed by atoms with Crippen molar-refractivity contribution in [3.8, 4) is 22.4 Å². The molecule has 1 aromatic heterocycles. The lowest BCUT2D eigenvalue weighted by molar-refractivity contribution is 0.0950. The average Bonchev–Trinajstić information content (AvgIpc) is 3.26. The van der Waals surface area contributed by atoms with Gasteiger partial charge in [-0.05, 0) is 22.8 Å². The Labute approximate surface area is 162 Å². The number of benzene rings is 3. The Morgan fingerprint density at radius 1 is 0.821 bits per heavy atom. The van der Waals surface area contributed by atoms with Gasteiger partial charge in [-0.1, -0.05) is 84.9 Å². The van der Waals surface area contributed by atoms with Crippen LogP contribution in [0.4, 0.5) is 0 Å². The van der Waals surface area contributed by atoms with Crippen molar-refractivity contribution in [3.05, 3.63) is 102 Å². The molecule has 5 nitrogen and oxygen atoms in total. The molecule has 0 spiro atoms. The van der Waals surface area contributed by atoms with Crippen LogP contribution in [0, 0.1) is 0 Å². The summed E-state index contributed by atoms with van der Waals surface area (Å²) in [5.74, 6) is -0.341. The zero-order valence-electron chi connectivity index (χ0n) is 15.0. The van der Waals surface area contributed by atoms with Crippen molar-refractivity contribution < 1.29 is 4.79 Å². The SMILES string of the molecule is O=C(NN=Cc1ccc(-c2ccccc2)cc1)c1cc(-c2ccccc2)n[nH]1. The van der Waals surface area contributed by atoms with Crippen LogP contribution in [0.25, 0.3) is 22.4 Å². The van der Waals surface area contributed by atoms with Gasteiger partial charge in [-0.3, -0.25) is 9.89 Å². The number of carbonyl (C=O) groups excluding carboxylic acids is 1. The molecular formula is C23H18N4O. The smallest absolute Gasteiger partial charge is 0.272 e. The molecule has 0 aliphatic heterocycles. The van der Waals surface area contributed by atoms with E-state index in [1.807, 2.05) is 72.8 Å². The molecule has 4 aromatic rings. The third kappa shape index (κ3) is 4.04. The van der Waals surface area contributed by atoms with Crippen molar-refractivity contribution >= 4 is 12.1 Å². The molecule has 28 heavy (non-hydrogen) atoms. The van der Waals surface area contributed by atoms with Crippen LogP contribution in [-0.2, 0) is 0 Å². The third-order valence-electron chi connectivity index (χ3n) is 4.29. The molecule has 5 heteroatoms. The number of hydrazone groups is 1. The summed E-state index contributed by atoms with van der Waals surface area (Å²) < 4.78 is 0. The lowest BCUT2D eigenvalue weighted by Crippen LogP contribution is -2.17. The first-order chi connectivity index (χ1) is 13.8. The number of aromatic nitrogens is 2. The van der Waals surface area contributed by atoms with E-state index in [4.69, 9.17) is 0 Å². The van der Waals surface area contributed by atoms with E-state index in [9.17, 15) is 4.79 Å². The van der Waals surface area contributed by atoms with Crippen molar-refractivity contribution in [2.24, 2.45) is 5.10 Å². The number of carbonyl (C=O) groups is 1. The summed E-state index contributed by atoms with van der Waals surface area (Å²) in [6.45, 7) is 0. The molecule has 2 N–H and O–H groups in total. The number of rotatable bonds is 5. The molecular weight excluding hydrogens is 348 g/mol. The van der Waals surface area contributed by atoms with Crippen molar-refractivity contribution in [2.75, 3.05) is 0 Å². The number of nitrogens with one attached hydrogen (secondary N) is 2. The zero-order chi connectivity index (χ0) is 19.2. The maximum Gasteiger partial charge on any atom is 0.289 e. The second-order valence-corrected chi connectivity index (χ2v) is 6.22. The minimum atomic E-state index is -0.341. The second-order valence-electron chi connectivity index (χ2n) is 6.22. The maximum absolute atomic E-state index is 12.2. The summed E-state index contributed by atoms with van der Waals surface area (Å²) >= 11 is 0. The highest BCUT2D eigenvalue weighted by Gasteiger charge is 2.10. The molecule has 0 bridgehead atoms. The molecule has 1 heterocycles. The number of amides is 1. The van der Waals surface area contributed by atoms with Crippen LogP contribution in [0.2, 0.25) is 0 Å². The molecule has 0 unspecified atom stereocenters. The lowest BCUT2D eigenvalue weighted by atomic mass is 10.0. The summed E-state index contributed by atoms with van der Waals surface area (Å²) in [6, 6.07) is 29.5. The average molecular weight is 366 g/mol. The van der Waals surface area contributed by atoms with Gasteiger partial charge in [0.25, 0.3) is 5.91 Å². The Morgan fingerprint density at radius 3 is 2.11 bits per heavy atom. The molecule has 4 rings (SSSR count). The number of hydrogen-bond acceptors (Lipinski definition) is 3. The molecule has 0 aliphatic rings. The minimum absolute atomic E-state index is 0.341. The highest BCUT2D eigenvalue weighted by atomic mass is 16.2. The Bertz CT molecular complexity index is 1080. The van der Waals surface area contributed by atoms with Crippen LogP contribution in [0.1, 0.15) is 16.1 Å². The van der Waals surface area contributed by atoms with Crippen LogP contribution >= 0.6 is 0 Å². The predicted octanol–water partition coefficient (Wildman–Crippen LogP) is 4.51. The molecule has 0 atom stereocenters. The fraction of sp³-hybridized carbons (Fsp3) is 0. The zero-order valence-corrected chi connectivity index (χ0v) is 15.0. The van der Waals surface area contributed by atoms with Gasteiger partial charge >= 0.3 is 0 Å². The van der Waals surface area contributed by atoms with E-state index in [0.717, 1.165) is 22.3 Å². The topological polar surface area (TPSA) is 70.1 Å². The van der Waals surface area contributed by atoms with Gasteiger partial charge in [0.15, 0.2) is 0 Å². The van der Waals surface area contributed by atoms with E-state index in [0.29, 0.717) is 11.4 Å². The van der Waals surface area contributed by atoms with Crippen LogP contribution in [0.5, 0.6) is 0 Å². The number of aromatic amines is 1. The molecule has 0 saturated heterocycles. The Balaban J connectivity index is 1.38. The molecule has 136 valence electrons. The molecule has 0 fully saturated rings. The summed E-state index contributed by atoms with van der Waals surface area (Å²) in [6.07, 6.45) is 1.61. The van der Waals surface area contributed by atoms with Crippen molar-refractivity contribution in [1.29, 1.82) is 0 Å². The summed E-state index contributed by atoms with van der Waals surface area (Å²) in [5.41, 5.74) is 7.72. The summed E-state index contributed by atoms with van der Waals surface area (Å²) in [4.78, 5) is 12.2. The molecule has 0 aliphatic carbocycles. The van der Waals surface area contributed by atoms with E-state index < -0.39 is 0 Å². The quantitative estimate of drug-likeness (QED) is 0.403. The van der Waals surface area contributed by atoms with Crippen LogP contribution in [0.15, 0.2) is 96.1 Å². The predicted molar refractivity (Wildman–Crippen MR) is 111 cm³/mol. The minimum Gasteiger partial charge on any atom is -0.272 e. The Hall–Kier alpha value is -3.99. The van der Waals surface area contributed by atoms with E-state index in [1.54, 1.807) is 12.3 Å². The van der Waals surface area contributed by atoms with E-state index in [-0.39, 0.29) is 5.91 Å². The van der Waals surface area contributed by atoms with Gasteiger partial charge in [0, 0.05) is 5.56 Å². The van der Waals surface area contributed by atoms with Crippen LogP contribution in [-0.4, -0.2) is 22.3 Å². The third-order valence-corrected chi connectivity index (χ3v) is 4.29. The normalized spacial score (nSPS) is 10.9. The standard InChI is InChI=1S/C23H18N4O/c28-23(22-15-21(25-26-22)20-9-5-2-6-10-20)27-24-16-17-11-13-19(14-12-17)18-7-3-1-4-8-18/h1-16H,(H,25,26)(H,27,28). The van der Waals surface area contributed by atoms with Crippen LogP contribution < -0.4 is 5.43 Å². The second kappa shape index (κ2) is 8.14. The van der Waals surface area contributed by atoms with Crippen molar-refractivity contribution in [3.63, 3.8) is 0 Å². The van der Waals surface area contributed by atoms with Gasteiger partial charge in [0.1, 0.15) is 5.69 Å². The fourth-order valence-electron chi connectivity index (χ4n) is 2.81. The molecule has 0 saturated carbocycles. The van der Waals surface area contributed by atoms with E-state index in [1.165, 1.54) is 0 Å². The van der Waals surface area contributed by atoms with E-state index in [2.05, 4.69) is 32.9 Å². The number of H-pyrrole nitrogens is 1. The number of nitrogens with zero attached hydrogens (tertiary/aromatic N) is 2. The van der Waals surface area contributed by atoms with Gasteiger partial charge in [-0.15, -0.1) is 0 Å². The molecule has 0 radical (unpaired) electrons. The first-order valence-corrected chi connectivity index (χ1v) is 8.89.